The van der Waals surface area contributed by atoms with Gasteiger partial charge >= 0.3 is 5.97 Å². The molecule has 0 bridgehead atoms. The molecule has 0 saturated heterocycles. The van der Waals surface area contributed by atoms with Gasteiger partial charge in [-0.1, -0.05) is 13.8 Å². The zero-order valence-electron chi connectivity index (χ0n) is 10.7. The highest BCUT2D eigenvalue weighted by atomic mass is 16.4. The molecule has 5 nitrogen and oxygen atoms in total. The highest BCUT2D eigenvalue weighted by molar-refractivity contribution is 5.80. The second kappa shape index (κ2) is 6.48. The Bertz CT molecular complexity index is 252. The molecule has 0 rings (SSSR count). The monoisotopic (exact) mass is 230 g/mol. The van der Waals surface area contributed by atoms with Crippen LogP contribution in [0.1, 0.15) is 27.7 Å². The summed E-state index contributed by atoms with van der Waals surface area (Å²) in [4.78, 5) is 24.0. The van der Waals surface area contributed by atoms with Crippen LogP contribution in [-0.2, 0) is 9.59 Å². The predicted octanol–water partition coefficient (Wildman–Crippen LogP) is 0.552. The highest BCUT2D eigenvalue weighted by Gasteiger charge is 2.27. The molecule has 0 aliphatic heterocycles. The van der Waals surface area contributed by atoms with E-state index in [0.29, 0.717) is 0 Å². The van der Waals surface area contributed by atoms with Gasteiger partial charge in [-0.3, -0.25) is 14.5 Å². The predicted molar refractivity (Wildman–Crippen MR) is 62.2 cm³/mol. The van der Waals surface area contributed by atoms with Crippen molar-refractivity contribution in [3.8, 4) is 0 Å². The van der Waals surface area contributed by atoms with Crippen molar-refractivity contribution in [2.45, 2.75) is 39.8 Å². The van der Waals surface area contributed by atoms with Gasteiger partial charge in [0.15, 0.2) is 0 Å². The quantitative estimate of drug-likeness (QED) is 0.699. The van der Waals surface area contributed by atoms with Gasteiger partial charge in [0.1, 0.15) is 6.04 Å². The first-order chi connectivity index (χ1) is 7.25. The Hall–Kier alpha value is -1.10. The maximum Gasteiger partial charge on any atom is 0.321 e. The Balaban J connectivity index is 4.36. The van der Waals surface area contributed by atoms with E-state index in [-0.39, 0.29) is 24.4 Å². The molecule has 0 saturated carbocycles. The van der Waals surface area contributed by atoms with E-state index in [1.54, 1.807) is 11.9 Å². The van der Waals surface area contributed by atoms with E-state index in [2.05, 4.69) is 5.32 Å². The van der Waals surface area contributed by atoms with Gasteiger partial charge < -0.3 is 10.4 Å². The lowest BCUT2D eigenvalue weighted by Crippen LogP contribution is -2.47. The molecule has 1 unspecified atom stereocenters. The van der Waals surface area contributed by atoms with Crippen LogP contribution >= 0.6 is 0 Å². The van der Waals surface area contributed by atoms with Gasteiger partial charge in [-0.2, -0.15) is 0 Å². The Morgan fingerprint density at radius 1 is 1.25 bits per heavy atom. The number of carboxylic acid groups (broad SMARTS) is 1. The molecule has 1 amide bonds. The fourth-order valence-electron chi connectivity index (χ4n) is 1.68. The highest BCUT2D eigenvalue weighted by Crippen LogP contribution is 2.08. The van der Waals surface area contributed by atoms with Crippen LogP contribution in [0.25, 0.3) is 0 Å². The maximum atomic E-state index is 11.5. The molecule has 0 aliphatic rings. The van der Waals surface area contributed by atoms with E-state index in [1.165, 1.54) is 0 Å². The summed E-state index contributed by atoms with van der Waals surface area (Å²) in [5, 5.41) is 11.8. The van der Waals surface area contributed by atoms with Crippen molar-refractivity contribution < 1.29 is 14.7 Å². The lowest BCUT2D eigenvalue weighted by Gasteiger charge is -2.27. The van der Waals surface area contributed by atoms with Crippen molar-refractivity contribution in [2.24, 2.45) is 5.92 Å². The SMILES string of the molecule is CC(C)NC(=O)CN(C)C(C(=O)O)C(C)C. The summed E-state index contributed by atoms with van der Waals surface area (Å²) in [5.41, 5.74) is 0. The van der Waals surface area contributed by atoms with Gasteiger partial charge in [0.2, 0.25) is 5.91 Å². The lowest BCUT2D eigenvalue weighted by molar-refractivity contribution is -0.145. The van der Waals surface area contributed by atoms with E-state index in [4.69, 9.17) is 5.11 Å². The number of aliphatic carboxylic acids is 1. The third kappa shape index (κ3) is 5.11. The molecule has 5 heteroatoms. The van der Waals surface area contributed by atoms with Crippen LogP contribution < -0.4 is 5.32 Å². The summed E-state index contributed by atoms with van der Waals surface area (Å²) in [6, 6.07) is -0.554. The van der Waals surface area contributed by atoms with Crippen LogP contribution in [0.2, 0.25) is 0 Å². The fourth-order valence-corrected chi connectivity index (χ4v) is 1.68. The number of hydrogen-bond acceptors (Lipinski definition) is 3. The minimum absolute atomic E-state index is 0.0330. The minimum Gasteiger partial charge on any atom is -0.480 e. The largest absolute Gasteiger partial charge is 0.480 e. The number of hydrogen-bond donors (Lipinski definition) is 2. The Kier molecular flexibility index (Phi) is 6.03. The average molecular weight is 230 g/mol. The third-order valence-corrected chi connectivity index (χ3v) is 2.20. The summed E-state index contributed by atoms with van der Waals surface area (Å²) in [7, 11) is 1.65. The molecule has 0 aromatic heterocycles. The van der Waals surface area contributed by atoms with Crippen LogP contribution in [0.3, 0.4) is 0 Å². The first-order valence-electron chi connectivity index (χ1n) is 5.48. The van der Waals surface area contributed by atoms with Crippen molar-refractivity contribution >= 4 is 11.9 Å². The fraction of sp³-hybridized carbons (Fsp3) is 0.818. The van der Waals surface area contributed by atoms with Gasteiger partial charge in [-0.05, 0) is 26.8 Å². The van der Waals surface area contributed by atoms with E-state index >= 15 is 0 Å². The van der Waals surface area contributed by atoms with Crippen LogP contribution in [0.5, 0.6) is 0 Å². The van der Waals surface area contributed by atoms with Crippen molar-refractivity contribution in [1.82, 2.24) is 10.2 Å². The molecule has 2 N–H and O–H groups in total. The van der Waals surface area contributed by atoms with Gasteiger partial charge in [0.25, 0.3) is 0 Å². The number of carbonyl (C=O) groups excluding carboxylic acids is 1. The van der Waals surface area contributed by atoms with Crippen molar-refractivity contribution in [3.63, 3.8) is 0 Å². The molecule has 0 aromatic rings. The van der Waals surface area contributed by atoms with Gasteiger partial charge in [0, 0.05) is 6.04 Å². The molecule has 0 aliphatic carbocycles. The Morgan fingerprint density at radius 2 is 1.75 bits per heavy atom. The first-order valence-corrected chi connectivity index (χ1v) is 5.48. The van der Waals surface area contributed by atoms with E-state index in [0.717, 1.165) is 0 Å². The molecular weight excluding hydrogens is 208 g/mol. The molecule has 94 valence electrons. The summed E-state index contributed by atoms with van der Waals surface area (Å²) in [6.45, 7) is 7.50. The molecule has 0 aromatic carbocycles. The van der Waals surface area contributed by atoms with Crippen molar-refractivity contribution in [3.05, 3.63) is 0 Å². The van der Waals surface area contributed by atoms with E-state index in [1.807, 2.05) is 27.7 Å². The molecule has 0 spiro atoms. The topological polar surface area (TPSA) is 69.6 Å². The number of amides is 1. The number of carbonyl (C=O) groups is 2. The van der Waals surface area contributed by atoms with Gasteiger partial charge in [-0.15, -0.1) is 0 Å². The van der Waals surface area contributed by atoms with E-state index < -0.39 is 12.0 Å². The van der Waals surface area contributed by atoms with Gasteiger partial charge in [-0.25, -0.2) is 0 Å². The zero-order chi connectivity index (χ0) is 12.9. The lowest BCUT2D eigenvalue weighted by atomic mass is 10.0. The second-order valence-corrected chi connectivity index (χ2v) is 4.66. The zero-order valence-corrected chi connectivity index (χ0v) is 10.7. The van der Waals surface area contributed by atoms with Crippen LogP contribution in [0, 0.1) is 5.92 Å². The normalized spacial score (nSPS) is 13.2. The second-order valence-electron chi connectivity index (χ2n) is 4.66. The summed E-state index contributed by atoms with van der Waals surface area (Å²) in [5.74, 6) is -1.08. The summed E-state index contributed by atoms with van der Waals surface area (Å²) in [6.07, 6.45) is 0. The number of rotatable bonds is 6. The maximum absolute atomic E-state index is 11.5. The molecule has 0 fully saturated rings. The third-order valence-electron chi connectivity index (χ3n) is 2.20. The van der Waals surface area contributed by atoms with Crippen LogP contribution in [0.15, 0.2) is 0 Å². The van der Waals surface area contributed by atoms with Crippen LogP contribution in [-0.4, -0.2) is 47.6 Å². The molecule has 0 radical (unpaired) electrons. The Morgan fingerprint density at radius 3 is 2.06 bits per heavy atom. The smallest absolute Gasteiger partial charge is 0.321 e. The van der Waals surface area contributed by atoms with Crippen LogP contribution in [0.4, 0.5) is 0 Å². The number of carboxylic acids is 1. The van der Waals surface area contributed by atoms with Crippen molar-refractivity contribution in [1.29, 1.82) is 0 Å². The first kappa shape index (κ1) is 14.9. The number of likely N-dealkylation sites (N-methyl/N-ethyl adjacent to an activating group) is 1. The molecule has 1 atom stereocenters. The standard InChI is InChI=1S/C11H22N2O3/c1-7(2)10(11(15)16)13(5)6-9(14)12-8(3)4/h7-8,10H,6H2,1-5H3,(H,12,14)(H,15,16). The molecule has 16 heavy (non-hydrogen) atoms. The summed E-state index contributed by atoms with van der Waals surface area (Å²) >= 11 is 0. The summed E-state index contributed by atoms with van der Waals surface area (Å²) < 4.78 is 0. The average Bonchev–Trinajstić information content (AvgIpc) is 1.98. The number of nitrogens with zero attached hydrogens (tertiary/aromatic N) is 1. The Labute approximate surface area is 96.8 Å². The van der Waals surface area contributed by atoms with Crippen molar-refractivity contribution in [2.75, 3.05) is 13.6 Å². The van der Waals surface area contributed by atoms with Gasteiger partial charge in [0.05, 0.1) is 6.54 Å². The number of nitrogens with one attached hydrogen (secondary N) is 1. The molecular formula is C11H22N2O3. The molecule has 0 heterocycles. The minimum atomic E-state index is -0.894. The van der Waals surface area contributed by atoms with E-state index in [9.17, 15) is 9.59 Å².